The highest BCUT2D eigenvalue weighted by Gasteiger charge is 2.31. The Bertz CT molecular complexity index is 888. The Morgan fingerprint density at radius 2 is 1.67 bits per heavy atom. The summed E-state index contributed by atoms with van der Waals surface area (Å²) in [7, 11) is -3.65. The van der Waals surface area contributed by atoms with Crippen LogP contribution < -0.4 is 5.32 Å². The zero-order valence-corrected chi connectivity index (χ0v) is 16.0. The Morgan fingerprint density at radius 1 is 1.07 bits per heavy atom. The van der Waals surface area contributed by atoms with Gasteiger partial charge in [-0.05, 0) is 49.6 Å². The Hall–Kier alpha value is -2.25. The maximum absolute atomic E-state index is 13.0. The number of hydrogen-bond donors (Lipinski definition) is 1. The highest BCUT2D eigenvalue weighted by molar-refractivity contribution is 7.89. The molecule has 0 radical (unpaired) electrons. The van der Waals surface area contributed by atoms with Crippen LogP contribution in [-0.2, 0) is 21.4 Å². The lowest BCUT2D eigenvalue weighted by Gasteiger charge is -2.30. The second kappa shape index (κ2) is 8.19. The third kappa shape index (κ3) is 4.73. The second-order valence-electron chi connectivity index (χ2n) is 6.84. The molecule has 1 heterocycles. The number of benzene rings is 2. The van der Waals surface area contributed by atoms with Crippen LogP contribution in [0.3, 0.4) is 0 Å². The lowest BCUT2D eigenvalue weighted by atomic mass is 9.97. The van der Waals surface area contributed by atoms with E-state index in [0.29, 0.717) is 19.4 Å². The molecule has 0 bridgehead atoms. The van der Waals surface area contributed by atoms with Crippen molar-refractivity contribution in [2.24, 2.45) is 5.92 Å². The fraction of sp³-hybridized carbons (Fsp3) is 0.350. The summed E-state index contributed by atoms with van der Waals surface area (Å²) in [5.41, 5.74) is 2.20. The minimum Gasteiger partial charge on any atom is -0.352 e. The van der Waals surface area contributed by atoms with Crippen LogP contribution >= 0.6 is 0 Å². The molecule has 0 spiro atoms. The first kappa shape index (κ1) is 19.5. The largest absolute Gasteiger partial charge is 0.352 e. The van der Waals surface area contributed by atoms with E-state index in [1.165, 1.54) is 22.0 Å². The molecule has 0 aliphatic carbocycles. The highest BCUT2D eigenvalue weighted by Crippen LogP contribution is 2.24. The van der Waals surface area contributed by atoms with Crippen LogP contribution in [-0.4, -0.2) is 31.7 Å². The van der Waals surface area contributed by atoms with Gasteiger partial charge in [-0.3, -0.25) is 4.79 Å². The van der Waals surface area contributed by atoms with E-state index >= 15 is 0 Å². The van der Waals surface area contributed by atoms with Crippen LogP contribution in [0.25, 0.3) is 0 Å². The molecule has 0 atom stereocenters. The smallest absolute Gasteiger partial charge is 0.243 e. The predicted octanol–water partition coefficient (Wildman–Crippen LogP) is 2.85. The van der Waals surface area contributed by atoms with Gasteiger partial charge in [0, 0.05) is 25.6 Å². The van der Waals surface area contributed by atoms with E-state index in [9.17, 15) is 17.6 Å². The molecule has 1 saturated heterocycles. The molecule has 27 heavy (non-hydrogen) atoms. The fourth-order valence-electron chi connectivity index (χ4n) is 3.15. The Morgan fingerprint density at radius 3 is 2.26 bits per heavy atom. The van der Waals surface area contributed by atoms with Crippen molar-refractivity contribution in [1.82, 2.24) is 9.62 Å². The normalized spacial score (nSPS) is 16.2. The number of carbonyl (C=O) groups is 1. The van der Waals surface area contributed by atoms with Gasteiger partial charge in [-0.1, -0.05) is 29.8 Å². The molecule has 0 unspecified atom stereocenters. The summed E-state index contributed by atoms with van der Waals surface area (Å²) in [6, 6.07) is 12.8. The van der Waals surface area contributed by atoms with Crippen LogP contribution in [0.15, 0.2) is 53.4 Å². The van der Waals surface area contributed by atoms with Gasteiger partial charge in [0.15, 0.2) is 0 Å². The third-order valence-electron chi connectivity index (χ3n) is 4.86. The lowest BCUT2D eigenvalue weighted by molar-refractivity contribution is -0.126. The summed E-state index contributed by atoms with van der Waals surface area (Å²) in [6.45, 7) is 3.04. The van der Waals surface area contributed by atoms with E-state index in [1.54, 1.807) is 0 Å². The molecule has 7 heteroatoms. The van der Waals surface area contributed by atoms with Crippen molar-refractivity contribution in [3.8, 4) is 0 Å². The first-order valence-corrected chi connectivity index (χ1v) is 10.4. The fourth-order valence-corrected chi connectivity index (χ4v) is 4.62. The number of sulfonamides is 1. The van der Waals surface area contributed by atoms with Crippen LogP contribution in [0.5, 0.6) is 0 Å². The van der Waals surface area contributed by atoms with Gasteiger partial charge in [-0.25, -0.2) is 12.8 Å². The topological polar surface area (TPSA) is 66.5 Å². The molecule has 2 aromatic carbocycles. The van der Waals surface area contributed by atoms with Crippen molar-refractivity contribution in [2.75, 3.05) is 13.1 Å². The number of hydrogen-bond acceptors (Lipinski definition) is 3. The van der Waals surface area contributed by atoms with Gasteiger partial charge in [0.1, 0.15) is 5.82 Å². The number of aryl methyl sites for hydroxylation is 1. The second-order valence-corrected chi connectivity index (χ2v) is 8.77. The quantitative estimate of drug-likeness (QED) is 0.854. The molecule has 144 valence electrons. The summed E-state index contributed by atoms with van der Waals surface area (Å²) in [6.07, 6.45) is 0.945. The van der Waals surface area contributed by atoms with Crippen molar-refractivity contribution in [1.29, 1.82) is 0 Å². The van der Waals surface area contributed by atoms with E-state index in [0.717, 1.165) is 17.7 Å². The summed E-state index contributed by atoms with van der Waals surface area (Å²) in [5, 5.41) is 2.93. The molecular formula is C20H23FN2O3S. The van der Waals surface area contributed by atoms with E-state index < -0.39 is 15.8 Å². The van der Waals surface area contributed by atoms with Crippen LogP contribution in [0.1, 0.15) is 24.0 Å². The number of piperidine rings is 1. The summed E-state index contributed by atoms with van der Waals surface area (Å²) in [4.78, 5) is 12.5. The molecule has 1 aliphatic heterocycles. The zero-order chi connectivity index (χ0) is 19.4. The van der Waals surface area contributed by atoms with Gasteiger partial charge in [0.25, 0.3) is 0 Å². The number of nitrogens with zero attached hydrogens (tertiary/aromatic N) is 1. The van der Waals surface area contributed by atoms with Crippen molar-refractivity contribution in [3.05, 3.63) is 65.5 Å². The number of amides is 1. The summed E-state index contributed by atoms with van der Waals surface area (Å²) in [5.74, 6) is -0.720. The molecule has 2 aromatic rings. The maximum atomic E-state index is 13.0. The number of nitrogens with one attached hydrogen (secondary N) is 1. The van der Waals surface area contributed by atoms with E-state index in [1.807, 2.05) is 31.2 Å². The van der Waals surface area contributed by atoms with Gasteiger partial charge in [-0.2, -0.15) is 4.31 Å². The average molecular weight is 390 g/mol. The number of rotatable bonds is 5. The molecular weight excluding hydrogens is 367 g/mol. The first-order valence-electron chi connectivity index (χ1n) is 8.95. The van der Waals surface area contributed by atoms with Gasteiger partial charge < -0.3 is 5.32 Å². The molecule has 3 rings (SSSR count). The Labute approximate surface area is 159 Å². The first-order chi connectivity index (χ1) is 12.9. The Balaban J connectivity index is 1.54. The minimum absolute atomic E-state index is 0.0468. The van der Waals surface area contributed by atoms with Crippen molar-refractivity contribution in [3.63, 3.8) is 0 Å². The molecule has 0 aromatic heterocycles. The van der Waals surface area contributed by atoms with Gasteiger partial charge in [0.05, 0.1) is 4.90 Å². The summed E-state index contributed by atoms with van der Waals surface area (Å²) < 4.78 is 39.6. The third-order valence-corrected chi connectivity index (χ3v) is 6.78. The van der Waals surface area contributed by atoms with Crippen molar-refractivity contribution < 1.29 is 17.6 Å². The van der Waals surface area contributed by atoms with Crippen LogP contribution in [0.2, 0.25) is 0 Å². The number of carbonyl (C=O) groups excluding carboxylic acids is 1. The lowest BCUT2D eigenvalue weighted by Crippen LogP contribution is -2.42. The predicted molar refractivity (Wildman–Crippen MR) is 101 cm³/mol. The van der Waals surface area contributed by atoms with Crippen LogP contribution in [0.4, 0.5) is 4.39 Å². The standard InChI is InChI=1S/C20H23FN2O3S/c1-15-2-4-16(5-3-15)14-22-20(24)17-10-12-23(13-11-17)27(25,26)19-8-6-18(21)7-9-19/h2-9,17H,10-14H2,1H3,(H,22,24). The number of halogens is 1. The van der Waals surface area contributed by atoms with E-state index in [-0.39, 0.29) is 29.8 Å². The molecule has 5 nitrogen and oxygen atoms in total. The molecule has 1 fully saturated rings. The monoisotopic (exact) mass is 390 g/mol. The van der Waals surface area contributed by atoms with Gasteiger partial charge >= 0.3 is 0 Å². The van der Waals surface area contributed by atoms with Gasteiger partial charge in [-0.15, -0.1) is 0 Å². The molecule has 1 aliphatic rings. The van der Waals surface area contributed by atoms with E-state index in [4.69, 9.17) is 0 Å². The highest BCUT2D eigenvalue weighted by atomic mass is 32.2. The SMILES string of the molecule is Cc1ccc(CNC(=O)C2CCN(S(=O)(=O)c3ccc(F)cc3)CC2)cc1. The molecule has 1 amide bonds. The van der Waals surface area contributed by atoms with Crippen molar-refractivity contribution in [2.45, 2.75) is 31.2 Å². The zero-order valence-electron chi connectivity index (χ0n) is 15.2. The van der Waals surface area contributed by atoms with E-state index in [2.05, 4.69) is 5.32 Å². The van der Waals surface area contributed by atoms with Gasteiger partial charge in [0.2, 0.25) is 15.9 Å². The minimum atomic E-state index is -3.65. The van der Waals surface area contributed by atoms with Crippen LogP contribution in [0, 0.1) is 18.7 Å². The maximum Gasteiger partial charge on any atom is 0.243 e. The summed E-state index contributed by atoms with van der Waals surface area (Å²) >= 11 is 0. The molecule has 0 saturated carbocycles. The Kier molecular flexibility index (Phi) is 5.92. The molecule has 1 N–H and O–H groups in total. The van der Waals surface area contributed by atoms with Crippen molar-refractivity contribution >= 4 is 15.9 Å². The average Bonchev–Trinajstić information content (AvgIpc) is 2.68.